The number of nitrogens with one attached hydrogen (secondary N) is 2. The summed E-state index contributed by atoms with van der Waals surface area (Å²) in [6, 6.07) is 16.1. The number of furan rings is 1. The highest BCUT2D eigenvalue weighted by atomic mass is 79.9. The summed E-state index contributed by atoms with van der Waals surface area (Å²) in [7, 11) is 0. The molecule has 0 bridgehead atoms. The van der Waals surface area contributed by atoms with Crippen molar-refractivity contribution in [2.75, 3.05) is 11.9 Å². The van der Waals surface area contributed by atoms with Crippen LogP contribution in [0.3, 0.4) is 0 Å². The SMILES string of the molecule is CC(C)(C)c1ccc(OCC(=O)Nc2ccc(C(=O)NCc3ccco3)cc2)c(Br)c1. The Hall–Kier alpha value is -3.06. The van der Waals surface area contributed by atoms with Crippen LogP contribution in [0, 0.1) is 0 Å². The quantitative estimate of drug-likeness (QED) is 0.477. The molecule has 0 aliphatic carbocycles. The Balaban J connectivity index is 1.50. The van der Waals surface area contributed by atoms with E-state index in [0.29, 0.717) is 29.3 Å². The Morgan fingerprint density at radius 2 is 1.81 bits per heavy atom. The second-order valence-corrected chi connectivity index (χ2v) is 8.93. The lowest BCUT2D eigenvalue weighted by molar-refractivity contribution is -0.118. The summed E-state index contributed by atoms with van der Waals surface area (Å²) in [6.07, 6.45) is 1.56. The number of carbonyl (C=O) groups is 2. The van der Waals surface area contributed by atoms with Gasteiger partial charge in [0.05, 0.1) is 17.3 Å². The lowest BCUT2D eigenvalue weighted by atomic mass is 9.87. The zero-order chi connectivity index (χ0) is 22.4. The van der Waals surface area contributed by atoms with Gasteiger partial charge in [0.15, 0.2) is 6.61 Å². The summed E-state index contributed by atoms with van der Waals surface area (Å²) in [5.74, 6) is 0.770. The van der Waals surface area contributed by atoms with E-state index in [1.165, 1.54) is 5.56 Å². The fourth-order valence-corrected chi connectivity index (χ4v) is 3.31. The van der Waals surface area contributed by atoms with Gasteiger partial charge in [0.2, 0.25) is 0 Å². The molecule has 0 saturated carbocycles. The van der Waals surface area contributed by atoms with Crippen LogP contribution in [0.2, 0.25) is 0 Å². The van der Waals surface area contributed by atoms with Gasteiger partial charge in [-0.2, -0.15) is 0 Å². The number of hydrogen-bond acceptors (Lipinski definition) is 4. The average molecular weight is 485 g/mol. The molecule has 0 spiro atoms. The van der Waals surface area contributed by atoms with Crippen molar-refractivity contribution in [2.45, 2.75) is 32.7 Å². The van der Waals surface area contributed by atoms with Gasteiger partial charge in [0, 0.05) is 11.3 Å². The molecule has 7 heteroatoms. The fraction of sp³-hybridized carbons (Fsp3) is 0.250. The monoisotopic (exact) mass is 484 g/mol. The summed E-state index contributed by atoms with van der Waals surface area (Å²) >= 11 is 3.50. The molecule has 0 atom stereocenters. The van der Waals surface area contributed by atoms with Crippen LogP contribution in [0.4, 0.5) is 5.69 Å². The van der Waals surface area contributed by atoms with Gasteiger partial charge < -0.3 is 19.8 Å². The number of amides is 2. The van der Waals surface area contributed by atoms with Crippen molar-refractivity contribution in [2.24, 2.45) is 0 Å². The number of anilines is 1. The summed E-state index contributed by atoms with van der Waals surface area (Å²) in [5, 5.41) is 5.54. The molecule has 3 rings (SSSR count). The van der Waals surface area contributed by atoms with E-state index in [9.17, 15) is 9.59 Å². The molecule has 6 nitrogen and oxygen atoms in total. The third-order valence-electron chi connectivity index (χ3n) is 4.59. The van der Waals surface area contributed by atoms with Crippen LogP contribution in [0.1, 0.15) is 42.5 Å². The summed E-state index contributed by atoms with van der Waals surface area (Å²) in [6.45, 7) is 6.59. The van der Waals surface area contributed by atoms with Crippen LogP contribution in [0.5, 0.6) is 5.75 Å². The van der Waals surface area contributed by atoms with Crippen molar-refractivity contribution in [1.82, 2.24) is 5.32 Å². The van der Waals surface area contributed by atoms with Gasteiger partial charge in [-0.3, -0.25) is 9.59 Å². The van der Waals surface area contributed by atoms with Crippen molar-refractivity contribution < 1.29 is 18.7 Å². The van der Waals surface area contributed by atoms with Crippen molar-refractivity contribution in [1.29, 1.82) is 0 Å². The lowest BCUT2D eigenvalue weighted by Gasteiger charge is -2.20. The first-order valence-electron chi connectivity index (χ1n) is 9.86. The first-order chi connectivity index (χ1) is 14.7. The molecule has 2 N–H and O–H groups in total. The number of hydrogen-bond donors (Lipinski definition) is 2. The van der Waals surface area contributed by atoms with E-state index in [1.54, 1.807) is 42.7 Å². The number of rotatable bonds is 7. The minimum Gasteiger partial charge on any atom is -0.483 e. The second-order valence-electron chi connectivity index (χ2n) is 8.07. The van der Waals surface area contributed by atoms with Gasteiger partial charge in [-0.05, 0) is 75.4 Å². The number of halogens is 1. The molecule has 1 heterocycles. The maximum Gasteiger partial charge on any atom is 0.262 e. The van der Waals surface area contributed by atoms with Crippen LogP contribution in [-0.4, -0.2) is 18.4 Å². The molecule has 162 valence electrons. The number of benzene rings is 2. The van der Waals surface area contributed by atoms with Gasteiger partial charge in [-0.15, -0.1) is 0 Å². The van der Waals surface area contributed by atoms with Crippen LogP contribution >= 0.6 is 15.9 Å². The Labute approximate surface area is 190 Å². The zero-order valence-electron chi connectivity index (χ0n) is 17.7. The molecular weight excluding hydrogens is 460 g/mol. The zero-order valence-corrected chi connectivity index (χ0v) is 19.3. The standard InChI is InChI=1S/C24H25BrN2O4/c1-24(2,3)17-8-11-21(20(25)13-17)31-15-22(28)27-18-9-6-16(7-10-18)23(29)26-14-19-5-4-12-30-19/h4-13H,14-15H2,1-3H3,(H,26,29)(H,27,28). The van der Waals surface area contributed by atoms with Gasteiger partial charge in [0.25, 0.3) is 11.8 Å². The number of carbonyl (C=O) groups excluding carboxylic acids is 2. The molecule has 1 aromatic heterocycles. The summed E-state index contributed by atoms with van der Waals surface area (Å²) in [5.41, 5.74) is 2.27. The van der Waals surface area contributed by atoms with Crippen molar-refractivity contribution >= 4 is 33.4 Å². The van der Waals surface area contributed by atoms with E-state index >= 15 is 0 Å². The predicted molar refractivity (Wildman–Crippen MR) is 123 cm³/mol. The summed E-state index contributed by atoms with van der Waals surface area (Å²) in [4.78, 5) is 24.4. The Morgan fingerprint density at radius 1 is 1.06 bits per heavy atom. The molecule has 3 aromatic rings. The molecule has 2 amide bonds. The van der Waals surface area contributed by atoms with Crippen LogP contribution < -0.4 is 15.4 Å². The number of ether oxygens (including phenoxy) is 1. The highest BCUT2D eigenvalue weighted by molar-refractivity contribution is 9.10. The van der Waals surface area contributed by atoms with E-state index in [2.05, 4.69) is 47.3 Å². The molecule has 0 radical (unpaired) electrons. The van der Waals surface area contributed by atoms with Crippen molar-refractivity contribution in [3.63, 3.8) is 0 Å². The van der Waals surface area contributed by atoms with Gasteiger partial charge in [-0.25, -0.2) is 0 Å². The third kappa shape index (κ3) is 6.46. The Bertz CT molecular complexity index is 1040. The molecule has 0 unspecified atom stereocenters. The molecule has 0 saturated heterocycles. The van der Waals surface area contributed by atoms with E-state index in [0.717, 1.165) is 4.47 Å². The van der Waals surface area contributed by atoms with Crippen molar-refractivity contribution in [3.8, 4) is 5.75 Å². The topological polar surface area (TPSA) is 80.6 Å². The normalized spacial score (nSPS) is 11.1. The van der Waals surface area contributed by atoms with Gasteiger partial charge in [0.1, 0.15) is 11.5 Å². The van der Waals surface area contributed by atoms with E-state index in [4.69, 9.17) is 9.15 Å². The minimum absolute atomic E-state index is 0.0280. The van der Waals surface area contributed by atoms with E-state index in [-0.39, 0.29) is 23.8 Å². The predicted octanol–water partition coefficient (Wildman–Crippen LogP) is 5.29. The highest BCUT2D eigenvalue weighted by Crippen LogP contribution is 2.31. The highest BCUT2D eigenvalue weighted by Gasteiger charge is 2.16. The van der Waals surface area contributed by atoms with Crippen LogP contribution in [-0.2, 0) is 16.8 Å². The average Bonchev–Trinajstić information content (AvgIpc) is 3.24. The second kappa shape index (κ2) is 9.83. The molecule has 0 fully saturated rings. The van der Waals surface area contributed by atoms with E-state index in [1.807, 2.05) is 18.2 Å². The molecule has 0 aliphatic rings. The van der Waals surface area contributed by atoms with Gasteiger partial charge in [-0.1, -0.05) is 26.8 Å². The molecule has 2 aromatic carbocycles. The molecule has 0 aliphatic heterocycles. The van der Waals surface area contributed by atoms with Crippen LogP contribution in [0.15, 0.2) is 69.8 Å². The summed E-state index contributed by atoms with van der Waals surface area (Å²) < 4.78 is 11.6. The van der Waals surface area contributed by atoms with Gasteiger partial charge >= 0.3 is 0 Å². The molecular formula is C24H25BrN2O4. The van der Waals surface area contributed by atoms with E-state index < -0.39 is 0 Å². The maximum atomic E-state index is 12.2. The Kier molecular flexibility index (Phi) is 7.17. The smallest absolute Gasteiger partial charge is 0.262 e. The molecule has 31 heavy (non-hydrogen) atoms. The minimum atomic E-state index is -0.290. The third-order valence-corrected chi connectivity index (χ3v) is 5.21. The lowest BCUT2D eigenvalue weighted by Crippen LogP contribution is -2.23. The first-order valence-corrected chi connectivity index (χ1v) is 10.6. The maximum absolute atomic E-state index is 12.2. The van der Waals surface area contributed by atoms with Crippen LogP contribution in [0.25, 0.3) is 0 Å². The first kappa shape index (κ1) is 22.6. The Morgan fingerprint density at radius 3 is 2.42 bits per heavy atom. The van der Waals surface area contributed by atoms with Crippen molar-refractivity contribution in [3.05, 3.63) is 82.2 Å². The largest absolute Gasteiger partial charge is 0.483 e. The fourth-order valence-electron chi connectivity index (χ4n) is 2.81.